The zero-order valence-corrected chi connectivity index (χ0v) is 30.2. The van der Waals surface area contributed by atoms with E-state index in [-0.39, 0.29) is 17.9 Å². The molecule has 2 amide bonds. The second-order valence-corrected chi connectivity index (χ2v) is 15.0. The van der Waals surface area contributed by atoms with Crippen molar-refractivity contribution in [2.24, 2.45) is 11.8 Å². The van der Waals surface area contributed by atoms with E-state index in [1.807, 2.05) is 37.8 Å². The summed E-state index contributed by atoms with van der Waals surface area (Å²) in [6.07, 6.45) is 0.155. The van der Waals surface area contributed by atoms with E-state index in [2.05, 4.69) is 32.0 Å². The van der Waals surface area contributed by atoms with E-state index in [1.165, 1.54) is 12.1 Å². The van der Waals surface area contributed by atoms with Crippen LogP contribution in [0.1, 0.15) is 57.6 Å². The molecule has 2 aromatic rings. The van der Waals surface area contributed by atoms with E-state index in [0.29, 0.717) is 56.4 Å². The Morgan fingerprint density at radius 2 is 1.57 bits per heavy atom. The van der Waals surface area contributed by atoms with Crippen molar-refractivity contribution in [2.45, 2.75) is 58.2 Å². The van der Waals surface area contributed by atoms with E-state index in [9.17, 15) is 22.8 Å². The lowest BCUT2D eigenvalue weighted by Gasteiger charge is -2.37. The minimum absolute atomic E-state index is 0.140. The topological polar surface area (TPSA) is 108 Å². The van der Waals surface area contributed by atoms with E-state index in [1.54, 1.807) is 17.2 Å². The number of aromatic nitrogens is 1. The van der Waals surface area contributed by atoms with Gasteiger partial charge in [-0.05, 0) is 89.8 Å². The first-order valence-corrected chi connectivity index (χ1v) is 18.0. The van der Waals surface area contributed by atoms with Gasteiger partial charge in [-0.25, -0.2) is 9.78 Å². The number of benzene rings is 1. The molecule has 0 bridgehead atoms. The maximum absolute atomic E-state index is 13.4. The van der Waals surface area contributed by atoms with Gasteiger partial charge >= 0.3 is 12.3 Å². The van der Waals surface area contributed by atoms with Crippen molar-refractivity contribution < 1.29 is 27.5 Å². The Hall–Kier alpha value is -4.09. The van der Waals surface area contributed by atoms with Gasteiger partial charge < -0.3 is 29.7 Å². The second-order valence-electron chi connectivity index (χ2n) is 15.0. The molecule has 0 unspecified atom stereocenters. The van der Waals surface area contributed by atoms with Gasteiger partial charge in [0.1, 0.15) is 11.4 Å². The summed E-state index contributed by atoms with van der Waals surface area (Å²) in [5.41, 5.74) is -0.389. The molecule has 1 N–H and O–H groups in total. The van der Waals surface area contributed by atoms with Gasteiger partial charge in [-0.3, -0.25) is 9.69 Å². The van der Waals surface area contributed by atoms with Gasteiger partial charge in [0, 0.05) is 83.6 Å². The maximum Gasteiger partial charge on any atom is 0.417 e. The largest absolute Gasteiger partial charge is 0.444 e. The summed E-state index contributed by atoms with van der Waals surface area (Å²) >= 11 is 0. The lowest BCUT2D eigenvalue weighted by Crippen LogP contribution is -2.51. The molecular weight excluding hydrogens is 661 g/mol. The van der Waals surface area contributed by atoms with E-state index in [4.69, 9.17) is 10.00 Å². The van der Waals surface area contributed by atoms with Crippen LogP contribution in [0.5, 0.6) is 0 Å². The fourth-order valence-electron chi connectivity index (χ4n) is 7.03. The number of rotatable bonds is 9. The molecule has 0 aliphatic carbocycles. The first kappa shape index (κ1) is 38.1. The Balaban J connectivity index is 0.989. The third kappa shape index (κ3) is 10.7. The first-order valence-electron chi connectivity index (χ1n) is 18.0. The molecule has 11 nitrogen and oxygen atoms in total. The number of pyridine rings is 1. The van der Waals surface area contributed by atoms with Crippen molar-refractivity contribution in [1.82, 2.24) is 19.7 Å². The highest BCUT2D eigenvalue weighted by Crippen LogP contribution is 2.35. The smallest absolute Gasteiger partial charge is 0.417 e. The van der Waals surface area contributed by atoms with Crippen molar-refractivity contribution in [2.75, 3.05) is 94.2 Å². The molecule has 3 fully saturated rings. The van der Waals surface area contributed by atoms with Crippen LogP contribution in [0.15, 0.2) is 36.5 Å². The van der Waals surface area contributed by atoms with Crippen LogP contribution in [-0.2, 0) is 15.7 Å². The number of hydrogen-bond donors (Lipinski definition) is 1. The monoisotopic (exact) mass is 712 g/mol. The molecule has 1 aromatic heterocycles. The van der Waals surface area contributed by atoms with E-state index in [0.717, 1.165) is 70.4 Å². The Morgan fingerprint density at radius 3 is 2.16 bits per heavy atom. The van der Waals surface area contributed by atoms with Gasteiger partial charge in [0.05, 0.1) is 29.1 Å². The van der Waals surface area contributed by atoms with Crippen LogP contribution >= 0.6 is 0 Å². The fourth-order valence-corrected chi connectivity index (χ4v) is 7.03. The average Bonchev–Trinajstić information content (AvgIpc) is 3.10. The van der Waals surface area contributed by atoms with Crippen LogP contribution in [0.4, 0.5) is 35.2 Å². The maximum atomic E-state index is 13.4. The standard InChI is InChI=1S/C37H51F3N8O3/c1-36(2,3)51-35(50)48-21-19-45(20-22-48)18-17-44(4)26-27-9-13-47(14-10-27)31-7-8-33(42-25-31)43-34(49)28-11-15-46(16-12-28)30-6-5-29(24-41)32(23-30)37(38,39)40/h5-8,23,25,27-28H,9-22,26H2,1-4H3,(H,42,43,49). The number of ether oxygens (including phenoxy) is 1. The number of likely N-dealkylation sites (N-methyl/N-ethyl adjacent to an activating group) is 1. The number of alkyl halides is 3. The van der Waals surface area contributed by atoms with Gasteiger partial charge in [-0.2, -0.15) is 18.4 Å². The molecule has 3 saturated heterocycles. The SMILES string of the molecule is CN(CCN1CCN(C(=O)OC(C)(C)C)CC1)CC1CCN(c2ccc(NC(=O)C3CCN(c4ccc(C#N)c(C(F)(F)F)c4)CC3)nc2)CC1. The molecule has 3 aliphatic rings. The predicted molar refractivity (Wildman–Crippen MR) is 191 cm³/mol. The molecule has 0 saturated carbocycles. The van der Waals surface area contributed by atoms with Crippen molar-refractivity contribution in [3.8, 4) is 6.07 Å². The molecule has 3 aliphatic heterocycles. The quantitative estimate of drug-likeness (QED) is 0.359. The zero-order chi connectivity index (χ0) is 36.8. The third-order valence-corrected chi connectivity index (χ3v) is 10.0. The Morgan fingerprint density at radius 1 is 0.941 bits per heavy atom. The third-order valence-electron chi connectivity index (χ3n) is 10.0. The molecule has 51 heavy (non-hydrogen) atoms. The molecule has 0 radical (unpaired) electrons. The molecule has 5 rings (SSSR count). The summed E-state index contributed by atoms with van der Waals surface area (Å²) in [6.45, 7) is 14.6. The fraction of sp³-hybridized carbons (Fsp3) is 0.622. The summed E-state index contributed by atoms with van der Waals surface area (Å²) < 4.78 is 45.8. The van der Waals surface area contributed by atoms with Gasteiger partial charge in [0.2, 0.25) is 5.91 Å². The van der Waals surface area contributed by atoms with Crippen LogP contribution in [-0.4, -0.2) is 116 Å². The van der Waals surface area contributed by atoms with Crippen molar-refractivity contribution in [3.63, 3.8) is 0 Å². The molecule has 14 heteroatoms. The number of nitrogens with zero attached hydrogens (tertiary/aromatic N) is 7. The summed E-state index contributed by atoms with van der Waals surface area (Å²) in [6, 6.07) is 9.18. The van der Waals surface area contributed by atoms with Crippen molar-refractivity contribution >= 4 is 29.2 Å². The molecule has 278 valence electrons. The van der Waals surface area contributed by atoms with Crippen LogP contribution in [0.3, 0.4) is 0 Å². The van der Waals surface area contributed by atoms with Crippen LogP contribution in [0, 0.1) is 23.2 Å². The molecule has 4 heterocycles. The van der Waals surface area contributed by atoms with Crippen LogP contribution in [0.2, 0.25) is 0 Å². The minimum Gasteiger partial charge on any atom is -0.444 e. The summed E-state index contributed by atoms with van der Waals surface area (Å²) in [5.74, 6) is 0.695. The lowest BCUT2D eigenvalue weighted by molar-refractivity contribution is -0.137. The first-order chi connectivity index (χ1) is 24.2. The number of piperazine rings is 1. The summed E-state index contributed by atoms with van der Waals surface area (Å²) in [5, 5.41) is 12.0. The Bertz CT molecular complexity index is 1520. The van der Waals surface area contributed by atoms with Crippen molar-refractivity contribution in [1.29, 1.82) is 5.26 Å². The number of carbonyl (C=O) groups excluding carboxylic acids is 2. The number of amides is 2. The number of halogens is 3. The normalized spacial score (nSPS) is 18.5. The Labute approximate surface area is 299 Å². The summed E-state index contributed by atoms with van der Waals surface area (Å²) in [7, 11) is 2.19. The highest BCUT2D eigenvalue weighted by Gasteiger charge is 2.35. The van der Waals surface area contributed by atoms with Gasteiger partial charge in [0.15, 0.2) is 0 Å². The predicted octanol–water partition coefficient (Wildman–Crippen LogP) is 5.53. The van der Waals surface area contributed by atoms with Gasteiger partial charge in [0.25, 0.3) is 0 Å². The van der Waals surface area contributed by atoms with E-state index >= 15 is 0 Å². The van der Waals surface area contributed by atoms with Gasteiger partial charge in [-0.15, -0.1) is 0 Å². The van der Waals surface area contributed by atoms with Crippen molar-refractivity contribution in [3.05, 3.63) is 47.7 Å². The Kier molecular flexibility index (Phi) is 12.3. The van der Waals surface area contributed by atoms with Crippen LogP contribution in [0.25, 0.3) is 0 Å². The molecule has 0 spiro atoms. The number of nitrogens with one attached hydrogen (secondary N) is 1. The van der Waals surface area contributed by atoms with Gasteiger partial charge in [-0.1, -0.05) is 0 Å². The number of anilines is 3. The number of nitriles is 1. The molecule has 0 atom stereocenters. The second kappa shape index (κ2) is 16.5. The molecule has 1 aromatic carbocycles. The minimum atomic E-state index is -4.61. The highest BCUT2D eigenvalue weighted by molar-refractivity contribution is 5.92. The highest BCUT2D eigenvalue weighted by atomic mass is 19.4. The lowest BCUT2D eigenvalue weighted by atomic mass is 9.95. The number of hydrogen-bond acceptors (Lipinski definition) is 9. The number of carbonyl (C=O) groups is 2. The number of piperidine rings is 2. The van der Waals surface area contributed by atoms with E-state index < -0.39 is 22.9 Å². The average molecular weight is 713 g/mol. The zero-order valence-electron chi connectivity index (χ0n) is 30.2. The summed E-state index contributed by atoms with van der Waals surface area (Å²) in [4.78, 5) is 40.7. The molecular formula is C37H51F3N8O3. The van der Waals surface area contributed by atoms with Crippen LogP contribution < -0.4 is 15.1 Å².